The van der Waals surface area contributed by atoms with Gasteiger partial charge in [0, 0.05) is 132 Å². The Morgan fingerprint density at radius 2 is 0.831 bits per heavy atom. The quantitative estimate of drug-likeness (QED) is 0.0250. The van der Waals surface area contributed by atoms with Crippen molar-refractivity contribution in [3.05, 3.63) is 114 Å². The molecule has 35 nitrogen and oxygen atoms in total. The summed E-state index contributed by atoms with van der Waals surface area (Å²) in [6.45, 7) is 29.8. The van der Waals surface area contributed by atoms with Crippen molar-refractivity contribution in [3.63, 3.8) is 0 Å². The van der Waals surface area contributed by atoms with Crippen LogP contribution in [0.5, 0.6) is 0 Å². The Kier molecular flexibility index (Phi) is 31.9. The van der Waals surface area contributed by atoms with Crippen LogP contribution in [0.4, 0.5) is 40.8 Å². The van der Waals surface area contributed by atoms with Gasteiger partial charge in [-0.05, 0) is 241 Å². The zero-order valence-corrected chi connectivity index (χ0v) is 87.1. The maximum atomic E-state index is 14.1. The number of ether oxygens (including phenoxy) is 2. The molecule has 2 saturated carbocycles. The predicted molar refractivity (Wildman–Crippen MR) is 538 cm³/mol. The number of aryl methyl sites for hydroxylation is 4. The highest BCUT2D eigenvalue weighted by molar-refractivity contribution is 7.91. The van der Waals surface area contributed by atoms with E-state index in [0.717, 1.165) is 142 Å². The summed E-state index contributed by atoms with van der Waals surface area (Å²) in [4.78, 5) is 149. The zero-order chi connectivity index (χ0) is 105. The van der Waals surface area contributed by atoms with Gasteiger partial charge >= 0.3 is 0 Å². The number of pyridine rings is 4. The predicted octanol–water partition coefficient (Wildman–Crippen LogP) is 13.6. The van der Waals surface area contributed by atoms with Crippen molar-refractivity contribution in [1.29, 1.82) is 0 Å². The summed E-state index contributed by atoms with van der Waals surface area (Å²) in [5.74, 6) is -7.01. The highest BCUT2D eigenvalue weighted by Crippen LogP contribution is 2.45. The smallest absolute Gasteiger partial charge is 0.280 e. The Morgan fingerprint density at radius 1 is 0.493 bits per heavy atom. The number of aliphatic hydroxyl groups is 3. The average Bonchev–Trinajstić information content (AvgIpc) is 1.63. The molecule has 0 radical (unpaired) electrons. The van der Waals surface area contributed by atoms with Gasteiger partial charge in [0.15, 0.2) is 20.0 Å². The van der Waals surface area contributed by atoms with Crippen LogP contribution in [0.15, 0.2) is 49.1 Å². The van der Waals surface area contributed by atoms with Gasteiger partial charge in [-0.15, -0.1) is 45.3 Å². The maximum absolute atomic E-state index is 14.1. The number of nitrogens with zero attached hydrogens (tertiary/aromatic N) is 12. The van der Waals surface area contributed by atoms with E-state index in [-0.39, 0.29) is 139 Å². The van der Waals surface area contributed by atoms with E-state index in [9.17, 15) is 79.7 Å². The number of carbonyl (C=O) groups excluding carboxylic acids is 8. The molecule has 11 N–H and O–H groups in total. The molecule has 142 heavy (non-hydrogen) atoms. The molecule has 2 aliphatic carbocycles. The van der Waals surface area contributed by atoms with Crippen molar-refractivity contribution in [2.75, 3.05) is 91.9 Å². The van der Waals surface area contributed by atoms with Gasteiger partial charge in [0.25, 0.3) is 59.1 Å². The molecule has 770 valence electrons. The molecule has 0 aromatic carbocycles. The number of rotatable bonds is 24. The zero-order valence-electron chi connectivity index (χ0n) is 85.0. The Balaban J connectivity index is 0.000000152. The number of carbonyl (C=O) groups is 8. The van der Waals surface area contributed by atoms with Gasteiger partial charge in [-0.25, -0.2) is 65.9 Å². The van der Waals surface area contributed by atoms with Crippen LogP contribution in [0.25, 0.3) is 41.8 Å². The topological polar surface area (TPSA) is 462 Å². The summed E-state index contributed by atoms with van der Waals surface area (Å²) in [6, 6.07) is 5.24. The maximum Gasteiger partial charge on any atom is 0.280 e. The first-order chi connectivity index (χ1) is 67.4. The molecule has 7 aliphatic heterocycles. The summed E-state index contributed by atoms with van der Waals surface area (Å²) < 4.78 is 106. The van der Waals surface area contributed by atoms with Gasteiger partial charge in [-0.1, -0.05) is 0 Å². The van der Waals surface area contributed by atoms with E-state index in [2.05, 4.69) is 96.3 Å². The van der Waals surface area contributed by atoms with Crippen molar-refractivity contribution < 1.29 is 91.9 Å². The standard InChI is InChI=1S/2C25H31F2N5O4S.C24H33N5O4S2.C24H35N5O3S/c2*1-13-7-18(31-24(3)5-4-6-24)28-9-15(13)20-19(23(35)32-12-25(26,27)8-14(32)2)30-22(37-20)21(34)29-16-10-36-11-17(16)33;1-14(2)26-19-12-15(3)18(13-25-19)21-20(24(31)29-9-5-6-16(29)4)28-23(34-21)22(30)27-17-7-10-35(32,33)11-8-17;1-14-11-17(28-23(3,4)5)25-12-16(14)19-18(22(31)29-10-8-9-15(29)2)27-21(33-19)20(30)26-13-24(6,7)32/h2*7,9,14,16-17,33H,4-6,8,10-12H2,1-3H3,(H,28,31)(H,29,34);12-14,16-17H,5-11H2,1-4H3,(H,25,26)(H,27,30);11-12,15,32H,8-10,13H2,1-7H3,(H,25,28)(H,26,30)/t14-,16?,17?;14-,16-,17-;16-;15-/m0000/s1/i;;;13D2. The third-order valence-corrected chi connectivity index (χ3v) is 32.6. The van der Waals surface area contributed by atoms with Crippen LogP contribution >= 0.6 is 45.3 Å². The Hall–Kier alpha value is -10.5. The van der Waals surface area contributed by atoms with Crippen LogP contribution in [0, 0.1) is 27.7 Å². The van der Waals surface area contributed by atoms with Gasteiger partial charge in [0.2, 0.25) is 0 Å². The van der Waals surface area contributed by atoms with E-state index in [4.69, 9.17) is 12.2 Å². The second-order valence-corrected chi connectivity index (χ2v) is 47.4. The van der Waals surface area contributed by atoms with Crippen LogP contribution in [0.2, 0.25) is 0 Å². The molecule has 15 heterocycles. The molecule has 8 atom stereocenters. The molecule has 8 aromatic rings. The molecule has 0 bridgehead atoms. The second-order valence-electron chi connectivity index (χ2n) is 41.1. The minimum absolute atomic E-state index is 0.000333. The number of aromatic nitrogens is 8. The normalized spacial score (nSPS) is 22.8. The van der Waals surface area contributed by atoms with Gasteiger partial charge in [-0.2, -0.15) is 0 Å². The minimum Gasteiger partial charge on any atom is -0.389 e. The number of aliphatic hydroxyl groups excluding tert-OH is 2. The lowest BCUT2D eigenvalue weighted by atomic mass is 9.78. The fourth-order valence-corrected chi connectivity index (χ4v) is 24.0. The first-order valence-corrected chi connectivity index (χ1v) is 53.2. The van der Waals surface area contributed by atoms with E-state index < -0.39 is 126 Å². The first kappa shape index (κ1) is 104. The number of halogens is 4. The summed E-state index contributed by atoms with van der Waals surface area (Å²) >= 11 is 4.20. The lowest BCUT2D eigenvalue weighted by Crippen LogP contribution is -2.42. The van der Waals surface area contributed by atoms with Gasteiger partial charge in [-0.3, -0.25) is 38.4 Å². The highest BCUT2D eigenvalue weighted by Gasteiger charge is 2.49. The number of alkyl halides is 4. The van der Waals surface area contributed by atoms with Crippen molar-refractivity contribution >= 4 is 126 Å². The lowest BCUT2D eigenvalue weighted by molar-refractivity contribution is 0.0115. The van der Waals surface area contributed by atoms with E-state index in [1.807, 2.05) is 105 Å². The van der Waals surface area contributed by atoms with E-state index in [1.165, 1.54) is 25.2 Å². The molecule has 9 fully saturated rings. The number of hydrogen-bond acceptors (Lipinski definition) is 31. The fraction of sp³-hybridized carbons (Fsp3) is 0.592. The fourth-order valence-electron chi connectivity index (χ4n) is 18.3. The van der Waals surface area contributed by atoms with Crippen molar-refractivity contribution in [3.8, 4) is 41.8 Å². The van der Waals surface area contributed by atoms with E-state index in [1.54, 1.807) is 43.5 Å². The molecule has 44 heteroatoms. The number of hydrogen-bond donors (Lipinski definition) is 11. The summed E-state index contributed by atoms with van der Waals surface area (Å²) in [6.07, 6.45) is 15.1. The van der Waals surface area contributed by atoms with Crippen LogP contribution < -0.4 is 42.5 Å². The number of thiazole rings is 4. The molecule has 17 rings (SSSR count). The molecule has 9 aliphatic rings. The van der Waals surface area contributed by atoms with Gasteiger partial charge < -0.3 is 86.9 Å². The Bertz CT molecular complexity index is 6060. The summed E-state index contributed by atoms with van der Waals surface area (Å²) in [5.41, 5.74) is 4.40. The van der Waals surface area contributed by atoms with Crippen LogP contribution in [0.1, 0.15) is 286 Å². The molecule has 8 amide bonds. The lowest BCUT2D eigenvalue weighted by Gasteiger charge is -2.39. The third kappa shape index (κ3) is 26.1. The van der Waals surface area contributed by atoms with Crippen LogP contribution in [-0.2, 0) is 19.3 Å². The molecule has 7 saturated heterocycles. The Morgan fingerprint density at radius 3 is 1.13 bits per heavy atom. The van der Waals surface area contributed by atoms with Crippen LogP contribution in [-0.4, -0.2) is 296 Å². The second kappa shape index (κ2) is 43.5. The number of likely N-dealkylation sites (tertiary alicyclic amines) is 4. The van der Waals surface area contributed by atoms with Crippen LogP contribution in [0.3, 0.4) is 0 Å². The van der Waals surface area contributed by atoms with Gasteiger partial charge in [0.05, 0.1) is 103 Å². The molecular weight excluding hydrogens is 1930 g/mol. The average molecular weight is 2070 g/mol. The minimum atomic E-state index is -3.02. The molecular formula is C98H130F4N20O15S5. The molecule has 2 unspecified atom stereocenters. The Labute approximate surface area is 843 Å². The van der Waals surface area contributed by atoms with E-state index >= 15 is 0 Å². The van der Waals surface area contributed by atoms with Gasteiger partial charge in [0.1, 0.15) is 55.9 Å². The summed E-state index contributed by atoms with van der Waals surface area (Å²) in [5, 5.41) is 54.3. The third-order valence-electron chi connectivity index (χ3n) is 26.5. The molecule has 0 spiro atoms. The number of sulfone groups is 1. The first-order valence-electron chi connectivity index (χ1n) is 49.1. The van der Waals surface area contributed by atoms with Crippen molar-refractivity contribution in [1.82, 2.24) is 80.7 Å². The van der Waals surface area contributed by atoms with Crippen molar-refractivity contribution in [2.45, 2.75) is 302 Å². The molecule has 8 aromatic heterocycles. The highest BCUT2D eigenvalue weighted by atomic mass is 32.2. The van der Waals surface area contributed by atoms with Crippen molar-refractivity contribution in [2.24, 2.45) is 0 Å². The SMILES string of the molecule is Cc1cc(NC(C)C)ncc1-c1sc(C(=O)NC2CCS(=O)(=O)CC2)nc1C(=O)N1CCC[C@@H]1C.Cc1cc(NC2(C)CCC2)ncc1-c1sc(C(=O)NC2COCC2O)nc1C(=O)N1CC(F)(F)C[C@@H]1C.Cc1cc(NC2(C)CCC2)ncc1-c1sc(C(=O)N[C@H]2COC[C@@H]2O)nc1C(=O)N1CC(F)(F)C[C@@H]1C.[2H]C([2H])(NC(=O)c1nc(C(=O)N2CCC[C@@H]2C)c(-c2cnc(NC(C)(C)C)cc2C)s1)C(C)(C)O. The largest absolute Gasteiger partial charge is 0.389 e. The van der Waals surface area contributed by atoms with E-state index in [0.29, 0.717) is 79.6 Å². The number of amides is 8. The number of anilines is 4. The monoisotopic (exact) mass is 2060 g/mol. The summed E-state index contributed by atoms with van der Waals surface area (Å²) in [7, 11) is -3.02. The number of nitrogens with one attached hydrogen (secondary N) is 8.